The van der Waals surface area contributed by atoms with Crippen molar-refractivity contribution in [3.8, 4) is 0 Å². The van der Waals surface area contributed by atoms with E-state index in [0.29, 0.717) is 5.92 Å². The van der Waals surface area contributed by atoms with E-state index in [9.17, 15) is 4.79 Å². The molecule has 0 aliphatic carbocycles. The molecule has 6 heteroatoms. The predicted molar refractivity (Wildman–Crippen MR) is 62.5 cm³/mol. The van der Waals surface area contributed by atoms with Crippen molar-refractivity contribution in [2.75, 3.05) is 0 Å². The number of rotatable bonds is 6. The average Bonchev–Trinajstić information content (AvgIpc) is 2.72. The maximum Gasteiger partial charge on any atom is 0.308 e. The minimum atomic E-state index is -0.831. The molecule has 2 atom stereocenters. The first kappa shape index (κ1) is 13.6. The number of carboxylic acids is 1. The lowest BCUT2D eigenvalue weighted by atomic mass is 10.0. The number of hydrogen-bond donors (Lipinski definition) is 1. The second kappa shape index (κ2) is 5.75. The van der Waals surface area contributed by atoms with E-state index in [0.717, 1.165) is 18.7 Å². The molecule has 0 saturated heterocycles. The SMILES string of the molecule is CC(C)CCc1nnnn1C(C)C(C)C(=O)O. The zero-order chi connectivity index (χ0) is 13.0. The molecule has 1 rings (SSSR count). The van der Waals surface area contributed by atoms with Crippen molar-refractivity contribution in [1.82, 2.24) is 20.2 Å². The van der Waals surface area contributed by atoms with Crippen molar-refractivity contribution in [1.29, 1.82) is 0 Å². The number of carbonyl (C=O) groups is 1. The summed E-state index contributed by atoms with van der Waals surface area (Å²) in [5.74, 6) is 0.00534. The molecule has 0 bridgehead atoms. The van der Waals surface area contributed by atoms with Gasteiger partial charge in [0.2, 0.25) is 0 Å². The van der Waals surface area contributed by atoms with Crippen LogP contribution in [-0.4, -0.2) is 31.3 Å². The molecule has 1 aromatic heterocycles. The van der Waals surface area contributed by atoms with Crippen LogP contribution in [0.2, 0.25) is 0 Å². The molecule has 1 aromatic rings. The first-order valence-electron chi connectivity index (χ1n) is 5.93. The summed E-state index contributed by atoms with van der Waals surface area (Å²) in [6.45, 7) is 7.77. The number of aryl methyl sites for hydroxylation is 1. The Morgan fingerprint density at radius 1 is 1.35 bits per heavy atom. The number of tetrazole rings is 1. The van der Waals surface area contributed by atoms with Gasteiger partial charge < -0.3 is 5.11 Å². The van der Waals surface area contributed by atoms with Crippen LogP contribution in [-0.2, 0) is 11.2 Å². The molecule has 0 fully saturated rings. The van der Waals surface area contributed by atoms with Crippen molar-refractivity contribution < 1.29 is 9.90 Å². The first-order valence-corrected chi connectivity index (χ1v) is 5.93. The van der Waals surface area contributed by atoms with Crippen LogP contribution >= 0.6 is 0 Å². The highest BCUT2D eigenvalue weighted by molar-refractivity contribution is 5.70. The monoisotopic (exact) mass is 240 g/mol. The lowest BCUT2D eigenvalue weighted by molar-refractivity contribution is -0.142. The fourth-order valence-corrected chi connectivity index (χ4v) is 1.53. The van der Waals surface area contributed by atoms with E-state index in [4.69, 9.17) is 5.11 Å². The Balaban J connectivity index is 2.77. The topological polar surface area (TPSA) is 80.9 Å². The average molecular weight is 240 g/mol. The molecule has 0 aliphatic rings. The van der Waals surface area contributed by atoms with Gasteiger partial charge in [0, 0.05) is 6.42 Å². The van der Waals surface area contributed by atoms with Gasteiger partial charge in [-0.3, -0.25) is 4.79 Å². The summed E-state index contributed by atoms with van der Waals surface area (Å²) in [6, 6.07) is -0.232. The lowest BCUT2D eigenvalue weighted by Crippen LogP contribution is -2.24. The van der Waals surface area contributed by atoms with E-state index in [2.05, 4.69) is 29.4 Å². The minimum absolute atomic E-state index is 0.232. The second-order valence-corrected chi connectivity index (χ2v) is 4.84. The standard InChI is InChI=1S/C11H20N4O2/c1-7(2)5-6-10-12-13-14-15(10)9(4)8(3)11(16)17/h7-9H,5-6H2,1-4H3,(H,16,17). The number of hydrogen-bond acceptors (Lipinski definition) is 4. The van der Waals surface area contributed by atoms with E-state index in [1.807, 2.05) is 6.92 Å². The second-order valence-electron chi connectivity index (χ2n) is 4.84. The van der Waals surface area contributed by atoms with Gasteiger partial charge in [-0.1, -0.05) is 13.8 Å². The van der Waals surface area contributed by atoms with Crippen LogP contribution in [0.5, 0.6) is 0 Å². The fraction of sp³-hybridized carbons (Fsp3) is 0.818. The molecule has 0 amide bonds. The highest BCUT2D eigenvalue weighted by atomic mass is 16.4. The van der Waals surface area contributed by atoms with Gasteiger partial charge >= 0.3 is 5.97 Å². The van der Waals surface area contributed by atoms with Crippen LogP contribution in [0.25, 0.3) is 0 Å². The van der Waals surface area contributed by atoms with E-state index >= 15 is 0 Å². The van der Waals surface area contributed by atoms with Gasteiger partial charge in [0.25, 0.3) is 0 Å². The van der Waals surface area contributed by atoms with Crippen molar-refractivity contribution >= 4 is 5.97 Å². The quantitative estimate of drug-likeness (QED) is 0.815. The van der Waals surface area contributed by atoms with E-state index in [1.165, 1.54) is 0 Å². The molecule has 0 aromatic carbocycles. The van der Waals surface area contributed by atoms with Crippen LogP contribution in [0.15, 0.2) is 0 Å². The molecular weight excluding hydrogens is 220 g/mol. The van der Waals surface area contributed by atoms with Gasteiger partial charge in [-0.2, -0.15) is 0 Å². The Bertz CT molecular complexity index is 375. The maximum atomic E-state index is 10.9. The molecule has 0 radical (unpaired) electrons. The van der Waals surface area contributed by atoms with Crippen LogP contribution in [0.4, 0.5) is 0 Å². The molecule has 6 nitrogen and oxygen atoms in total. The summed E-state index contributed by atoms with van der Waals surface area (Å²) in [5, 5.41) is 20.5. The van der Waals surface area contributed by atoms with Gasteiger partial charge in [0.05, 0.1) is 12.0 Å². The highest BCUT2D eigenvalue weighted by Gasteiger charge is 2.24. The molecule has 2 unspecified atom stereocenters. The number of carboxylic acid groups (broad SMARTS) is 1. The molecule has 96 valence electrons. The Labute approximate surface area is 101 Å². The van der Waals surface area contributed by atoms with E-state index in [-0.39, 0.29) is 6.04 Å². The van der Waals surface area contributed by atoms with Gasteiger partial charge in [-0.15, -0.1) is 5.10 Å². The highest BCUT2D eigenvalue weighted by Crippen LogP contribution is 2.18. The normalized spacial score (nSPS) is 14.9. The zero-order valence-corrected chi connectivity index (χ0v) is 10.8. The molecule has 0 saturated carbocycles. The predicted octanol–water partition coefficient (Wildman–Crippen LogP) is 1.54. The van der Waals surface area contributed by atoms with E-state index < -0.39 is 11.9 Å². The summed E-state index contributed by atoms with van der Waals surface area (Å²) in [4.78, 5) is 10.9. The van der Waals surface area contributed by atoms with Crippen molar-refractivity contribution in [3.05, 3.63) is 5.82 Å². The Morgan fingerprint density at radius 3 is 2.53 bits per heavy atom. The smallest absolute Gasteiger partial charge is 0.308 e. The fourth-order valence-electron chi connectivity index (χ4n) is 1.53. The van der Waals surface area contributed by atoms with Crippen molar-refractivity contribution in [2.45, 2.75) is 46.6 Å². The molecular formula is C11H20N4O2. The maximum absolute atomic E-state index is 10.9. The van der Waals surface area contributed by atoms with Gasteiger partial charge in [-0.25, -0.2) is 4.68 Å². The Morgan fingerprint density at radius 2 is 2.00 bits per heavy atom. The lowest BCUT2D eigenvalue weighted by Gasteiger charge is -2.17. The number of aromatic nitrogens is 4. The largest absolute Gasteiger partial charge is 0.481 e. The summed E-state index contributed by atoms with van der Waals surface area (Å²) in [7, 11) is 0. The Hall–Kier alpha value is -1.46. The third kappa shape index (κ3) is 3.51. The third-order valence-electron chi connectivity index (χ3n) is 3.01. The number of aliphatic carboxylic acids is 1. The van der Waals surface area contributed by atoms with Crippen LogP contribution in [0.1, 0.15) is 46.0 Å². The summed E-state index contributed by atoms with van der Waals surface area (Å²) in [6.07, 6.45) is 1.77. The molecule has 0 aliphatic heterocycles. The van der Waals surface area contributed by atoms with Gasteiger partial charge in [-0.05, 0) is 36.6 Å². The third-order valence-corrected chi connectivity index (χ3v) is 3.01. The molecule has 1 heterocycles. The van der Waals surface area contributed by atoms with Gasteiger partial charge in [0.1, 0.15) is 0 Å². The molecule has 1 N–H and O–H groups in total. The first-order chi connectivity index (χ1) is 7.93. The van der Waals surface area contributed by atoms with Crippen molar-refractivity contribution in [2.24, 2.45) is 11.8 Å². The number of nitrogens with zero attached hydrogens (tertiary/aromatic N) is 4. The summed E-state index contributed by atoms with van der Waals surface area (Å²) < 4.78 is 1.63. The van der Waals surface area contributed by atoms with Gasteiger partial charge in [0.15, 0.2) is 5.82 Å². The minimum Gasteiger partial charge on any atom is -0.481 e. The van der Waals surface area contributed by atoms with Crippen LogP contribution < -0.4 is 0 Å². The van der Waals surface area contributed by atoms with Crippen molar-refractivity contribution in [3.63, 3.8) is 0 Å². The van der Waals surface area contributed by atoms with E-state index in [1.54, 1.807) is 11.6 Å². The molecule has 17 heavy (non-hydrogen) atoms. The molecule has 0 spiro atoms. The summed E-state index contributed by atoms with van der Waals surface area (Å²) in [5.41, 5.74) is 0. The summed E-state index contributed by atoms with van der Waals surface area (Å²) >= 11 is 0. The van der Waals surface area contributed by atoms with Crippen LogP contribution in [0, 0.1) is 11.8 Å². The zero-order valence-electron chi connectivity index (χ0n) is 10.8. The Kier molecular flexibility index (Phi) is 4.60. The van der Waals surface area contributed by atoms with Crippen LogP contribution in [0.3, 0.4) is 0 Å².